The van der Waals surface area contributed by atoms with Crippen LogP contribution in [0.4, 0.5) is 5.69 Å². The molecular formula is C33H21NO2. The number of carbonyl (C=O) groups is 1. The van der Waals surface area contributed by atoms with E-state index in [1.807, 2.05) is 24.3 Å². The lowest BCUT2D eigenvalue weighted by molar-refractivity contribution is -0.120. The highest BCUT2D eigenvalue weighted by Crippen LogP contribution is 2.39. The summed E-state index contributed by atoms with van der Waals surface area (Å²) < 4.78 is 5.08. The fourth-order valence-corrected chi connectivity index (χ4v) is 5.62. The molecule has 0 spiro atoms. The van der Waals surface area contributed by atoms with Crippen molar-refractivity contribution in [3.8, 4) is 5.75 Å². The lowest BCUT2D eigenvalue weighted by Crippen LogP contribution is -1.91. The van der Waals surface area contributed by atoms with Crippen molar-refractivity contribution in [2.24, 2.45) is 0 Å². The fraction of sp³-hybridized carbons (Fsp3) is 0. The van der Waals surface area contributed by atoms with Crippen LogP contribution in [0.3, 0.4) is 0 Å². The molecule has 0 unspecified atom stereocenters. The molecule has 0 aromatic heterocycles. The van der Waals surface area contributed by atoms with E-state index in [0.29, 0.717) is 12.2 Å². The maximum Gasteiger partial charge on any atom is 0.298 e. The molecule has 2 N–H and O–H groups in total. The molecule has 8 aromatic carbocycles. The van der Waals surface area contributed by atoms with Crippen LogP contribution in [-0.4, -0.2) is 6.47 Å². The van der Waals surface area contributed by atoms with E-state index in [1.165, 1.54) is 43.1 Å². The molecular weight excluding hydrogens is 442 g/mol. The van der Waals surface area contributed by atoms with Gasteiger partial charge in [-0.2, -0.15) is 0 Å². The molecule has 8 rings (SSSR count). The molecule has 0 radical (unpaired) electrons. The van der Waals surface area contributed by atoms with Crippen molar-refractivity contribution in [3.63, 3.8) is 0 Å². The van der Waals surface area contributed by atoms with E-state index >= 15 is 0 Å². The standard InChI is InChI=1S/C17H10O2.C16H11N/c18-10-19-15-9-7-13-5-4-11-2-1-3-12-6-8-14(15)17(13)16(11)12;17-14-9-7-12-5-4-10-2-1-3-11-6-8-13(14)16(12)15(10)11/h1-10H;1-9H,17H2. The summed E-state index contributed by atoms with van der Waals surface area (Å²) in [5, 5.41) is 14.6. The molecule has 3 nitrogen and oxygen atoms in total. The first-order valence-corrected chi connectivity index (χ1v) is 11.9. The topological polar surface area (TPSA) is 52.3 Å². The van der Waals surface area contributed by atoms with Crippen molar-refractivity contribution in [1.29, 1.82) is 0 Å². The Labute approximate surface area is 207 Å². The smallest absolute Gasteiger partial charge is 0.298 e. The Kier molecular flexibility index (Phi) is 4.45. The number of nitrogen functional groups attached to an aromatic ring is 1. The van der Waals surface area contributed by atoms with Gasteiger partial charge in [0.15, 0.2) is 0 Å². The average molecular weight is 464 g/mol. The van der Waals surface area contributed by atoms with Gasteiger partial charge >= 0.3 is 0 Å². The Morgan fingerprint density at radius 2 is 0.889 bits per heavy atom. The summed E-state index contributed by atoms with van der Waals surface area (Å²) in [7, 11) is 0. The summed E-state index contributed by atoms with van der Waals surface area (Å²) in [5.74, 6) is 0.612. The maximum absolute atomic E-state index is 10.6. The van der Waals surface area contributed by atoms with Crippen LogP contribution in [0.2, 0.25) is 0 Å². The van der Waals surface area contributed by atoms with Crippen molar-refractivity contribution in [2.45, 2.75) is 0 Å². The summed E-state index contributed by atoms with van der Waals surface area (Å²) in [4.78, 5) is 10.6. The van der Waals surface area contributed by atoms with Crippen LogP contribution < -0.4 is 10.5 Å². The molecule has 3 heteroatoms. The Balaban J connectivity index is 0.000000123. The van der Waals surface area contributed by atoms with Gasteiger partial charge in [0.05, 0.1) is 0 Å². The molecule has 0 aliphatic carbocycles. The molecule has 0 heterocycles. The van der Waals surface area contributed by atoms with Gasteiger partial charge in [0.1, 0.15) is 5.75 Å². The van der Waals surface area contributed by atoms with E-state index in [0.717, 1.165) is 27.2 Å². The van der Waals surface area contributed by atoms with Gasteiger partial charge in [-0.1, -0.05) is 91.0 Å². The zero-order valence-electron chi connectivity index (χ0n) is 19.4. The number of benzene rings is 8. The van der Waals surface area contributed by atoms with Crippen LogP contribution in [0.15, 0.2) is 109 Å². The van der Waals surface area contributed by atoms with Gasteiger partial charge in [0, 0.05) is 21.8 Å². The van der Waals surface area contributed by atoms with E-state index in [1.54, 1.807) is 0 Å². The van der Waals surface area contributed by atoms with Gasteiger partial charge in [-0.25, -0.2) is 0 Å². The molecule has 0 fully saturated rings. The van der Waals surface area contributed by atoms with E-state index in [-0.39, 0.29) is 0 Å². The quantitative estimate of drug-likeness (QED) is 0.159. The SMILES string of the molecule is Nc1ccc2ccc3cccc4ccc1c2c34.O=COc1ccc2ccc3cccc4ccc1c2c34. The van der Waals surface area contributed by atoms with Gasteiger partial charge in [-0.15, -0.1) is 0 Å². The van der Waals surface area contributed by atoms with Crippen LogP contribution in [0.1, 0.15) is 0 Å². The van der Waals surface area contributed by atoms with E-state index < -0.39 is 0 Å². The highest BCUT2D eigenvalue weighted by molar-refractivity contribution is 6.25. The van der Waals surface area contributed by atoms with Crippen molar-refractivity contribution in [2.75, 3.05) is 5.73 Å². The average Bonchev–Trinajstić information content (AvgIpc) is 2.93. The second-order valence-corrected chi connectivity index (χ2v) is 9.14. The monoisotopic (exact) mass is 463 g/mol. The molecule has 0 amide bonds. The number of hydrogen-bond acceptors (Lipinski definition) is 3. The van der Waals surface area contributed by atoms with Crippen molar-refractivity contribution >= 4 is 76.8 Å². The maximum atomic E-state index is 10.6. The zero-order chi connectivity index (χ0) is 24.2. The molecule has 0 aliphatic heterocycles. The molecule has 8 aromatic rings. The van der Waals surface area contributed by atoms with E-state index in [9.17, 15) is 4.79 Å². The van der Waals surface area contributed by atoms with Gasteiger partial charge in [0.25, 0.3) is 6.47 Å². The van der Waals surface area contributed by atoms with Crippen molar-refractivity contribution in [3.05, 3.63) is 109 Å². The second-order valence-electron chi connectivity index (χ2n) is 9.14. The highest BCUT2D eigenvalue weighted by Gasteiger charge is 2.11. The minimum atomic E-state index is 0.478. The van der Waals surface area contributed by atoms with Crippen LogP contribution in [-0.2, 0) is 4.79 Å². The largest absolute Gasteiger partial charge is 0.428 e. The first-order chi connectivity index (χ1) is 17.7. The minimum Gasteiger partial charge on any atom is -0.428 e. The number of anilines is 1. The van der Waals surface area contributed by atoms with Crippen molar-refractivity contribution < 1.29 is 9.53 Å². The molecule has 0 aliphatic rings. The summed E-state index contributed by atoms with van der Waals surface area (Å²) in [6.45, 7) is 0.478. The Hall–Kier alpha value is -4.89. The van der Waals surface area contributed by atoms with Gasteiger partial charge < -0.3 is 10.5 Å². The third kappa shape index (κ3) is 2.96. The summed E-state index contributed by atoms with van der Waals surface area (Å²) in [5.41, 5.74) is 6.92. The Morgan fingerprint density at radius 3 is 1.44 bits per heavy atom. The van der Waals surface area contributed by atoms with Gasteiger partial charge in [-0.05, 0) is 66.7 Å². The molecule has 0 saturated carbocycles. The third-order valence-corrected chi connectivity index (χ3v) is 7.23. The lowest BCUT2D eigenvalue weighted by Gasteiger charge is -2.12. The fourth-order valence-electron chi connectivity index (χ4n) is 5.62. The Bertz CT molecular complexity index is 2030. The number of rotatable bonds is 2. The minimum absolute atomic E-state index is 0.478. The summed E-state index contributed by atoms with van der Waals surface area (Å²) >= 11 is 0. The lowest BCUT2D eigenvalue weighted by atomic mass is 9.94. The molecule has 0 atom stereocenters. The Morgan fingerprint density at radius 1 is 0.472 bits per heavy atom. The predicted octanol–water partition coefficient (Wildman–Crippen LogP) is 8.29. The van der Waals surface area contributed by atoms with Crippen LogP contribution in [0.25, 0.3) is 64.6 Å². The van der Waals surface area contributed by atoms with Gasteiger partial charge in [0.2, 0.25) is 0 Å². The number of hydrogen-bond donors (Lipinski definition) is 1. The first-order valence-electron chi connectivity index (χ1n) is 11.9. The highest BCUT2D eigenvalue weighted by atomic mass is 16.5. The van der Waals surface area contributed by atoms with Crippen LogP contribution in [0, 0.1) is 0 Å². The summed E-state index contributed by atoms with van der Waals surface area (Å²) in [6.07, 6.45) is 0. The molecule has 170 valence electrons. The third-order valence-electron chi connectivity index (χ3n) is 7.23. The molecule has 0 saturated heterocycles. The van der Waals surface area contributed by atoms with Crippen molar-refractivity contribution in [1.82, 2.24) is 0 Å². The second kappa shape index (κ2) is 7.82. The predicted molar refractivity (Wildman–Crippen MR) is 151 cm³/mol. The molecule has 36 heavy (non-hydrogen) atoms. The van der Waals surface area contributed by atoms with Gasteiger partial charge in [-0.3, -0.25) is 4.79 Å². The van der Waals surface area contributed by atoms with E-state index in [2.05, 4.69) is 84.9 Å². The zero-order valence-corrected chi connectivity index (χ0v) is 19.4. The first kappa shape index (κ1) is 20.5. The number of nitrogens with two attached hydrogens (primary N) is 1. The van der Waals surface area contributed by atoms with Crippen LogP contribution >= 0.6 is 0 Å². The summed E-state index contributed by atoms with van der Waals surface area (Å²) in [6, 6.07) is 37.6. The molecule has 0 bridgehead atoms. The van der Waals surface area contributed by atoms with Crippen LogP contribution in [0.5, 0.6) is 5.75 Å². The van der Waals surface area contributed by atoms with E-state index in [4.69, 9.17) is 10.5 Å². The number of ether oxygens (including phenoxy) is 1. The number of carbonyl (C=O) groups excluding carboxylic acids is 1. The normalized spacial score (nSPS) is 11.6.